The van der Waals surface area contributed by atoms with Crippen molar-refractivity contribution in [3.05, 3.63) is 0 Å². The SMILES string of the molecule is CC(C)CCCCCCCOP(=O)(O)OP(=O)(O)OP(=O)(O)O. The van der Waals surface area contributed by atoms with Crippen molar-refractivity contribution >= 4 is 23.5 Å². The topological polar surface area (TPSA) is 160 Å². The number of hydrogen-bond acceptors (Lipinski definition) is 6. The Kier molecular flexibility index (Phi) is 10.6. The summed E-state index contributed by atoms with van der Waals surface area (Å²) >= 11 is 0. The van der Waals surface area contributed by atoms with E-state index in [1.807, 2.05) is 0 Å². The van der Waals surface area contributed by atoms with Gasteiger partial charge in [-0.1, -0.05) is 46.0 Å². The second kappa shape index (κ2) is 10.4. The van der Waals surface area contributed by atoms with Gasteiger partial charge in [0.25, 0.3) is 0 Å². The van der Waals surface area contributed by atoms with Crippen molar-refractivity contribution < 1.29 is 46.4 Å². The Morgan fingerprint density at radius 2 is 1.30 bits per heavy atom. The maximum absolute atomic E-state index is 11.4. The Bertz CT molecular complexity index is 474. The van der Waals surface area contributed by atoms with Crippen LogP contribution in [0.1, 0.15) is 52.4 Å². The predicted molar refractivity (Wildman–Crippen MR) is 82.4 cm³/mol. The van der Waals surface area contributed by atoms with Crippen LogP contribution >= 0.6 is 23.5 Å². The summed E-state index contributed by atoms with van der Waals surface area (Å²) in [4.78, 5) is 34.9. The Balaban J connectivity index is 3.95. The molecule has 0 heterocycles. The van der Waals surface area contributed by atoms with Gasteiger partial charge in [0.05, 0.1) is 6.61 Å². The first kappa shape index (κ1) is 23.4. The first-order valence-corrected chi connectivity index (χ1v) is 11.6. The van der Waals surface area contributed by atoms with E-state index in [2.05, 4.69) is 27.0 Å². The maximum atomic E-state index is 11.4. The highest BCUT2D eigenvalue weighted by atomic mass is 31.3. The third kappa shape index (κ3) is 15.7. The highest BCUT2D eigenvalue weighted by Gasteiger charge is 2.40. The van der Waals surface area contributed by atoms with Crippen molar-refractivity contribution in [2.75, 3.05) is 6.61 Å². The molecule has 0 fully saturated rings. The molecule has 0 saturated carbocycles. The Hall–Kier alpha value is 0.410. The van der Waals surface area contributed by atoms with Crippen molar-refractivity contribution in [1.29, 1.82) is 0 Å². The Morgan fingerprint density at radius 3 is 1.83 bits per heavy atom. The number of rotatable bonds is 13. The normalized spacial score (nSPS) is 17.9. The monoisotopic (exact) mass is 398 g/mol. The molecule has 140 valence electrons. The summed E-state index contributed by atoms with van der Waals surface area (Å²) < 4.78 is 44.5. The molecule has 0 aromatic heterocycles. The first-order chi connectivity index (χ1) is 10.3. The zero-order valence-electron chi connectivity index (χ0n) is 13.1. The Labute approximate surface area is 135 Å². The van der Waals surface area contributed by atoms with Gasteiger partial charge in [-0.3, -0.25) is 4.52 Å². The molecule has 0 saturated heterocycles. The van der Waals surface area contributed by atoms with Crippen molar-refractivity contribution in [2.45, 2.75) is 52.4 Å². The quantitative estimate of drug-likeness (QED) is 0.268. The van der Waals surface area contributed by atoms with Crippen molar-refractivity contribution in [1.82, 2.24) is 0 Å². The molecule has 0 bridgehead atoms. The molecule has 0 amide bonds. The summed E-state index contributed by atoms with van der Waals surface area (Å²) in [5, 5.41) is 0. The van der Waals surface area contributed by atoms with Crippen LogP contribution in [-0.2, 0) is 26.8 Å². The summed E-state index contributed by atoms with van der Waals surface area (Å²) in [5.74, 6) is 0.653. The van der Waals surface area contributed by atoms with E-state index in [1.165, 1.54) is 0 Å². The van der Waals surface area contributed by atoms with Crippen molar-refractivity contribution in [3.63, 3.8) is 0 Å². The number of phosphoric ester groups is 1. The molecule has 13 heteroatoms. The molecule has 0 aliphatic heterocycles. The van der Waals surface area contributed by atoms with E-state index < -0.39 is 23.5 Å². The maximum Gasteiger partial charge on any atom is 0.490 e. The minimum Gasteiger partial charge on any atom is -0.302 e. The fourth-order valence-electron chi connectivity index (χ4n) is 1.67. The van der Waals surface area contributed by atoms with Crippen LogP contribution < -0.4 is 0 Å². The zero-order valence-corrected chi connectivity index (χ0v) is 15.8. The smallest absolute Gasteiger partial charge is 0.302 e. The van der Waals surface area contributed by atoms with Crippen LogP contribution in [0.5, 0.6) is 0 Å². The summed E-state index contributed by atoms with van der Waals surface area (Å²) in [6, 6.07) is 0. The fourth-order valence-corrected chi connectivity index (χ4v) is 4.72. The van der Waals surface area contributed by atoms with E-state index >= 15 is 0 Å². The van der Waals surface area contributed by atoms with E-state index in [0.717, 1.165) is 32.1 Å². The van der Waals surface area contributed by atoms with E-state index in [9.17, 15) is 18.6 Å². The van der Waals surface area contributed by atoms with E-state index in [1.54, 1.807) is 0 Å². The molecule has 23 heavy (non-hydrogen) atoms. The highest BCUT2D eigenvalue weighted by Crippen LogP contribution is 2.66. The van der Waals surface area contributed by atoms with E-state index in [0.29, 0.717) is 12.3 Å². The molecule has 0 aromatic carbocycles. The largest absolute Gasteiger partial charge is 0.490 e. The van der Waals surface area contributed by atoms with Crippen LogP contribution in [0, 0.1) is 5.92 Å². The lowest BCUT2D eigenvalue weighted by atomic mass is 10.0. The van der Waals surface area contributed by atoms with Crippen LogP contribution in [0.25, 0.3) is 0 Å². The second-order valence-electron chi connectivity index (χ2n) is 5.37. The van der Waals surface area contributed by atoms with Crippen LogP contribution in [0.15, 0.2) is 0 Å². The average molecular weight is 398 g/mol. The molecule has 2 unspecified atom stereocenters. The lowest BCUT2D eigenvalue weighted by molar-refractivity contribution is 0.170. The second-order valence-corrected chi connectivity index (χ2v) is 9.79. The van der Waals surface area contributed by atoms with Crippen LogP contribution in [0.4, 0.5) is 0 Å². The molecule has 10 nitrogen and oxygen atoms in total. The number of unbranched alkanes of at least 4 members (excludes halogenated alkanes) is 4. The van der Waals surface area contributed by atoms with E-state index in [-0.39, 0.29) is 6.61 Å². The molecule has 0 rings (SSSR count). The standard InChI is InChI=1S/C10H25O10P3/c1-10(2)8-6-4-3-5-7-9-18-22(14,15)20-23(16,17)19-21(11,12)13/h10H,3-9H2,1-2H3,(H,14,15)(H,16,17)(H2,11,12,13). The van der Waals surface area contributed by atoms with Gasteiger partial charge in [0, 0.05) is 0 Å². The van der Waals surface area contributed by atoms with Crippen LogP contribution in [-0.4, -0.2) is 26.2 Å². The van der Waals surface area contributed by atoms with Crippen molar-refractivity contribution in [2.24, 2.45) is 5.92 Å². The summed E-state index contributed by atoms with van der Waals surface area (Å²) in [6.45, 7) is 4.08. The van der Waals surface area contributed by atoms with E-state index in [4.69, 9.17) is 14.7 Å². The summed E-state index contributed by atoms with van der Waals surface area (Å²) in [6.07, 6.45) is 5.38. The molecule has 0 aromatic rings. The van der Waals surface area contributed by atoms with Gasteiger partial charge in [-0.05, 0) is 12.3 Å². The van der Waals surface area contributed by atoms with Gasteiger partial charge in [-0.2, -0.15) is 8.62 Å². The number of phosphoric acid groups is 3. The molecule has 0 radical (unpaired) electrons. The van der Waals surface area contributed by atoms with Crippen molar-refractivity contribution in [3.8, 4) is 0 Å². The third-order valence-corrected chi connectivity index (χ3v) is 6.43. The minimum atomic E-state index is -5.42. The minimum absolute atomic E-state index is 0.201. The van der Waals surface area contributed by atoms with Gasteiger partial charge in [-0.15, -0.1) is 0 Å². The van der Waals surface area contributed by atoms with Gasteiger partial charge < -0.3 is 19.6 Å². The molecule has 0 spiro atoms. The third-order valence-electron chi connectivity index (χ3n) is 2.60. The van der Waals surface area contributed by atoms with Gasteiger partial charge in [0.15, 0.2) is 0 Å². The lowest BCUT2D eigenvalue weighted by Crippen LogP contribution is -1.98. The summed E-state index contributed by atoms with van der Waals surface area (Å²) in [7, 11) is -15.7. The lowest BCUT2D eigenvalue weighted by Gasteiger charge is -2.16. The van der Waals surface area contributed by atoms with Crippen LogP contribution in [0.2, 0.25) is 0 Å². The summed E-state index contributed by atoms with van der Waals surface area (Å²) in [5.41, 5.74) is 0. The fraction of sp³-hybridized carbons (Fsp3) is 1.00. The molecule has 0 aliphatic carbocycles. The number of hydrogen-bond donors (Lipinski definition) is 4. The highest BCUT2D eigenvalue weighted by molar-refractivity contribution is 7.66. The Morgan fingerprint density at radius 1 is 0.783 bits per heavy atom. The predicted octanol–water partition coefficient (Wildman–Crippen LogP) is 3.33. The zero-order chi connectivity index (χ0) is 18.1. The molecule has 0 aliphatic rings. The molecular formula is C10H25O10P3. The van der Waals surface area contributed by atoms with Gasteiger partial charge >= 0.3 is 23.5 Å². The van der Waals surface area contributed by atoms with Gasteiger partial charge in [0.2, 0.25) is 0 Å². The average Bonchev–Trinajstić information content (AvgIpc) is 2.27. The first-order valence-electron chi connectivity index (χ1n) is 7.11. The van der Waals surface area contributed by atoms with Gasteiger partial charge in [0.1, 0.15) is 0 Å². The molecule has 4 N–H and O–H groups in total. The molecular weight excluding hydrogens is 373 g/mol. The van der Waals surface area contributed by atoms with Crippen LogP contribution in [0.3, 0.4) is 0 Å². The molecule has 2 atom stereocenters. The van der Waals surface area contributed by atoms with Gasteiger partial charge in [-0.25, -0.2) is 13.7 Å².